The number of rotatable bonds is 10. The lowest BCUT2D eigenvalue weighted by molar-refractivity contribution is 0.0170. The molecule has 0 radical (unpaired) electrons. The SMILES string of the molecule is CN=C(NCCCCn1ccnc1C)NCC(c1ccc(OC)cc1)N1CCOCC1. The molecule has 8 nitrogen and oxygen atoms in total. The van der Waals surface area contributed by atoms with Crippen LogP contribution in [0.3, 0.4) is 0 Å². The topological polar surface area (TPSA) is 75.9 Å². The van der Waals surface area contributed by atoms with Crippen molar-refractivity contribution >= 4 is 5.96 Å². The second-order valence-corrected chi connectivity index (χ2v) is 7.69. The minimum Gasteiger partial charge on any atom is -0.497 e. The number of nitrogens with one attached hydrogen (secondary N) is 2. The van der Waals surface area contributed by atoms with Crippen molar-refractivity contribution in [1.82, 2.24) is 25.1 Å². The minimum absolute atomic E-state index is 0.248. The van der Waals surface area contributed by atoms with Gasteiger partial charge >= 0.3 is 0 Å². The molecule has 1 atom stereocenters. The third-order valence-electron chi connectivity index (χ3n) is 5.72. The molecule has 2 heterocycles. The minimum atomic E-state index is 0.248. The molecule has 1 aliphatic heterocycles. The van der Waals surface area contributed by atoms with Crippen LogP contribution in [-0.2, 0) is 11.3 Å². The van der Waals surface area contributed by atoms with E-state index in [1.165, 1.54) is 5.56 Å². The van der Waals surface area contributed by atoms with Gasteiger partial charge in [0.2, 0.25) is 0 Å². The lowest BCUT2D eigenvalue weighted by atomic mass is 10.0. The van der Waals surface area contributed by atoms with Crippen molar-refractivity contribution < 1.29 is 9.47 Å². The number of nitrogens with zero attached hydrogens (tertiary/aromatic N) is 4. The van der Waals surface area contributed by atoms with E-state index in [0.29, 0.717) is 0 Å². The Balaban J connectivity index is 1.49. The lowest BCUT2D eigenvalue weighted by Crippen LogP contribution is -2.46. The maximum absolute atomic E-state index is 5.56. The van der Waals surface area contributed by atoms with E-state index >= 15 is 0 Å². The van der Waals surface area contributed by atoms with Gasteiger partial charge in [0.1, 0.15) is 11.6 Å². The standard InChI is InChI=1S/C23H36N6O2/c1-19-25-11-13-28(19)12-5-4-10-26-23(24-2)27-18-22(29-14-16-31-17-15-29)20-6-8-21(30-3)9-7-20/h6-9,11,13,22H,4-5,10,12,14-18H2,1-3H3,(H2,24,26,27). The molecule has 0 spiro atoms. The van der Waals surface area contributed by atoms with Gasteiger partial charge in [-0.3, -0.25) is 9.89 Å². The molecular formula is C23H36N6O2. The Morgan fingerprint density at radius 2 is 1.97 bits per heavy atom. The number of benzene rings is 1. The van der Waals surface area contributed by atoms with Crippen LogP contribution in [0, 0.1) is 6.92 Å². The number of aryl methyl sites for hydroxylation is 2. The summed E-state index contributed by atoms with van der Waals surface area (Å²) in [5, 5.41) is 6.96. The fourth-order valence-electron chi connectivity index (χ4n) is 3.84. The molecule has 31 heavy (non-hydrogen) atoms. The van der Waals surface area contributed by atoms with Crippen LogP contribution >= 0.6 is 0 Å². The molecule has 0 saturated carbocycles. The molecule has 1 unspecified atom stereocenters. The van der Waals surface area contributed by atoms with Gasteiger partial charge in [-0.25, -0.2) is 4.98 Å². The Bertz CT molecular complexity index is 799. The van der Waals surface area contributed by atoms with Crippen LogP contribution in [0.2, 0.25) is 0 Å². The van der Waals surface area contributed by atoms with Crippen LogP contribution in [0.4, 0.5) is 0 Å². The Morgan fingerprint density at radius 1 is 1.19 bits per heavy atom. The number of methoxy groups -OCH3 is 1. The number of guanidine groups is 1. The maximum atomic E-state index is 5.56. The van der Waals surface area contributed by atoms with Crippen LogP contribution in [-0.4, -0.2) is 74.0 Å². The summed E-state index contributed by atoms with van der Waals surface area (Å²) in [7, 11) is 3.52. The fourth-order valence-corrected chi connectivity index (χ4v) is 3.84. The molecule has 2 aromatic rings. The molecule has 0 amide bonds. The van der Waals surface area contributed by atoms with E-state index in [9.17, 15) is 0 Å². The third-order valence-corrected chi connectivity index (χ3v) is 5.72. The van der Waals surface area contributed by atoms with Crippen molar-refractivity contribution in [3.8, 4) is 5.75 Å². The van der Waals surface area contributed by atoms with Gasteiger partial charge in [0.15, 0.2) is 5.96 Å². The van der Waals surface area contributed by atoms with Crippen molar-refractivity contribution in [3.63, 3.8) is 0 Å². The van der Waals surface area contributed by atoms with E-state index in [4.69, 9.17) is 9.47 Å². The first-order valence-corrected chi connectivity index (χ1v) is 11.1. The van der Waals surface area contributed by atoms with Gasteiger partial charge in [0.25, 0.3) is 0 Å². The highest BCUT2D eigenvalue weighted by molar-refractivity contribution is 5.79. The molecule has 1 aliphatic rings. The Hall–Kier alpha value is -2.58. The number of hydrogen-bond acceptors (Lipinski definition) is 5. The largest absolute Gasteiger partial charge is 0.497 e. The highest BCUT2D eigenvalue weighted by atomic mass is 16.5. The molecule has 1 aromatic carbocycles. The predicted molar refractivity (Wildman–Crippen MR) is 124 cm³/mol. The second kappa shape index (κ2) is 12.3. The number of aromatic nitrogens is 2. The van der Waals surface area contributed by atoms with Crippen LogP contribution in [0.5, 0.6) is 5.75 Å². The van der Waals surface area contributed by atoms with Gasteiger partial charge in [-0.15, -0.1) is 0 Å². The summed E-state index contributed by atoms with van der Waals surface area (Å²) in [6, 6.07) is 8.59. The van der Waals surface area contributed by atoms with E-state index in [1.807, 2.05) is 38.5 Å². The Labute approximate surface area is 185 Å². The van der Waals surface area contributed by atoms with Crippen LogP contribution in [0.25, 0.3) is 0 Å². The zero-order valence-corrected chi connectivity index (χ0v) is 19.0. The summed E-state index contributed by atoms with van der Waals surface area (Å²) < 4.78 is 13.1. The maximum Gasteiger partial charge on any atom is 0.191 e. The number of hydrogen-bond donors (Lipinski definition) is 2. The van der Waals surface area contributed by atoms with E-state index in [0.717, 1.165) is 76.3 Å². The van der Waals surface area contributed by atoms with Gasteiger partial charge in [-0.2, -0.15) is 0 Å². The second-order valence-electron chi connectivity index (χ2n) is 7.69. The van der Waals surface area contributed by atoms with Crippen molar-refractivity contribution in [2.24, 2.45) is 4.99 Å². The van der Waals surface area contributed by atoms with E-state index in [2.05, 4.69) is 42.2 Å². The summed E-state index contributed by atoms with van der Waals surface area (Å²) in [6.07, 6.45) is 6.06. The Kier molecular flexibility index (Phi) is 9.17. The van der Waals surface area contributed by atoms with E-state index in [1.54, 1.807) is 7.11 Å². The summed E-state index contributed by atoms with van der Waals surface area (Å²) in [4.78, 5) is 11.1. The molecule has 1 aromatic heterocycles. The molecule has 3 rings (SSSR count). The summed E-state index contributed by atoms with van der Waals surface area (Å²) in [5.41, 5.74) is 1.27. The molecule has 2 N–H and O–H groups in total. The van der Waals surface area contributed by atoms with Gasteiger partial charge in [0, 0.05) is 52.2 Å². The summed E-state index contributed by atoms with van der Waals surface area (Å²) in [6.45, 7) is 8.11. The molecule has 0 bridgehead atoms. The van der Waals surface area contributed by atoms with Crippen LogP contribution in [0.1, 0.15) is 30.3 Å². The first-order valence-electron chi connectivity index (χ1n) is 11.1. The molecule has 0 aliphatic carbocycles. The molecular weight excluding hydrogens is 392 g/mol. The number of imidazole rings is 1. The zero-order valence-electron chi connectivity index (χ0n) is 19.0. The van der Waals surface area contributed by atoms with Crippen molar-refractivity contribution in [3.05, 3.63) is 48.0 Å². The number of aliphatic imine (C=N–C) groups is 1. The predicted octanol–water partition coefficient (Wildman–Crippen LogP) is 2.22. The highest BCUT2D eigenvalue weighted by Crippen LogP contribution is 2.23. The monoisotopic (exact) mass is 428 g/mol. The average Bonchev–Trinajstić information content (AvgIpc) is 3.23. The highest BCUT2D eigenvalue weighted by Gasteiger charge is 2.23. The molecule has 170 valence electrons. The first-order chi connectivity index (χ1) is 15.2. The fraction of sp³-hybridized carbons (Fsp3) is 0.565. The quantitative estimate of drug-likeness (QED) is 0.343. The zero-order chi connectivity index (χ0) is 21.9. The first kappa shape index (κ1) is 23.1. The Morgan fingerprint density at radius 3 is 2.61 bits per heavy atom. The number of ether oxygens (including phenoxy) is 2. The van der Waals surface area contributed by atoms with Crippen molar-refractivity contribution in [2.75, 3.05) is 53.6 Å². The summed E-state index contributed by atoms with van der Waals surface area (Å²) in [5.74, 6) is 2.78. The van der Waals surface area contributed by atoms with Gasteiger partial charge in [-0.05, 0) is 37.5 Å². The van der Waals surface area contributed by atoms with Gasteiger partial charge < -0.3 is 24.7 Å². The van der Waals surface area contributed by atoms with Crippen LogP contribution in [0.15, 0.2) is 41.7 Å². The van der Waals surface area contributed by atoms with Gasteiger partial charge in [-0.1, -0.05) is 12.1 Å². The molecule has 1 saturated heterocycles. The van der Waals surface area contributed by atoms with E-state index in [-0.39, 0.29) is 6.04 Å². The third kappa shape index (κ3) is 6.97. The number of unbranched alkanes of at least 4 members (excludes halogenated alkanes) is 1. The normalized spacial score (nSPS) is 16.2. The average molecular weight is 429 g/mol. The smallest absolute Gasteiger partial charge is 0.191 e. The van der Waals surface area contributed by atoms with E-state index < -0.39 is 0 Å². The molecule has 8 heteroatoms. The molecule has 1 fully saturated rings. The van der Waals surface area contributed by atoms with Crippen molar-refractivity contribution in [2.45, 2.75) is 32.4 Å². The summed E-state index contributed by atoms with van der Waals surface area (Å²) >= 11 is 0. The van der Waals surface area contributed by atoms with Crippen LogP contribution < -0.4 is 15.4 Å². The lowest BCUT2D eigenvalue weighted by Gasteiger charge is -2.35. The van der Waals surface area contributed by atoms with Crippen molar-refractivity contribution in [1.29, 1.82) is 0 Å². The van der Waals surface area contributed by atoms with Gasteiger partial charge in [0.05, 0.1) is 26.4 Å². The number of morpholine rings is 1.